The maximum atomic E-state index is 12.0. The third kappa shape index (κ3) is 5.77. The van der Waals surface area contributed by atoms with Gasteiger partial charge in [-0.3, -0.25) is 9.79 Å². The number of amides is 1. The van der Waals surface area contributed by atoms with Gasteiger partial charge < -0.3 is 25.0 Å². The highest BCUT2D eigenvalue weighted by Crippen LogP contribution is 2.29. The Morgan fingerprint density at radius 1 is 1.26 bits per heavy atom. The van der Waals surface area contributed by atoms with Crippen LogP contribution in [-0.2, 0) is 4.79 Å². The van der Waals surface area contributed by atoms with Gasteiger partial charge in [0.25, 0.3) is 0 Å². The molecule has 0 spiro atoms. The quantitative estimate of drug-likeness (QED) is 0.512. The lowest BCUT2D eigenvalue weighted by Crippen LogP contribution is -2.36. The minimum atomic E-state index is 0.271. The number of nitrogens with zero attached hydrogens (tertiary/aromatic N) is 2. The molecule has 1 aliphatic heterocycles. The van der Waals surface area contributed by atoms with Crippen LogP contribution in [0.4, 0.5) is 5.69 Å². The Labute approximate surface area is 162 Å². The van der Waals surface area contributed by atoms with E-state index in [0.717, 1.165) is 38.0 Å². The molecule has 1 fully saturated rings. The summed E-state index contributed by atoms with van der Waals surface area (Å²) in [5.74, 6) is 2.34. The highest BCUT2D eigenvalue weighted by atomic mass is 16.5. The SMILES string of the molecule is CCNC(=NCCC(CC)N1CCCC1=O)Nc1ccc(OC)c(OC)c1. The predicted octanol–water partition coefficient (Wildman–Crippen LogP) is 2.87. The molecular formula is C20H32N4O3. The first kappa shape index (κ1) is 20.9. The van der Waals surface area contributed by atoms with Crippen LogP contribution in [0.2, 0.25) is 0 Å². The summed E-state index contributed by atoms with van der Waals surface area (Å²) in [6, 6.07) is 5.93. The monoisotopic (exact) mass is 376 g/mol. The maximum Gasteiger partial charge on any atom is 0.222 e. The van der Waals surface area contributed by atoms with Crippen molar-refractivity contribution in [3.63, 3.8) is 0 Å². The van der Waals surface area contributed by atoms with Crippen molar-refractivity contribution in [2.24, 2.45) is 4.99 Å². The average molecular weight is 377 g/mol. The van der Waals surface area contributed by atoms with Gasteiger partial charge in [-0.2, -0.15) is 0 Å². The highest BCUT2D eigenvalue weighted by molar-refractivity contribution is 5.93. The molecule has 2 N–H and O–H groups in total. The second-order valence-corrected chi connectivity index (χ2v) is 6.50. The minimum absolute atomic E-state index is 0.271. The molecule has 7 nitrogen and oxygen atoms in total. The molecule has 1 saturated heterocycles. The first-order valence-electron chi connectivity index (χ1n) is 9.69. The van der Waals surface area contributed by atoms with Gasteiger partial charge in [0, 0.05) is 43.9 Å². The highest BCUT2D eigenvalue weighted by Gasteiger charge is 2.26. The smallest absolute Gasteiger partial charge is 0.222 e. The number of anilines is 1. The normalized spacial score (nSPS) is 15.6. The lowest BCUT2D eigenvalue weighted by Gasteiger charge is -2.26. The third-order valence-electron chi connectivity index (χ3n) is 4.74. The molecule has 1 unspecified atom stereocenters. The van der Waals surface area contributed by atoms with Gasteiger partial charge in [0.2, 0.25) is 5.91 Å². The Morgan fingerprint density at radius 3 is 2.63 bits per heavy atom. The zero-order valence-electron chi connectivity index (χ0n) is 16.9. The van der Waals surface area contributed by atoms with Crippen molar-refractivity contribution in [3.05, 3.63) is 18.2 Å². The minimum Gasteiger partial charge on any atom is -0.493 e. The summed E-state index contributed by atoms with van der Waals surface area (Å²) < 4.78 is 10.6. The van der Waals surface area contributed by atoms with Gasteiger partial charge in [-0.15, -0.1) is 0 Å². The largest absolute Gasteiger partial charge is 0.493 e. The fraction of sp³-hybridized carbons (Fsp3) is 0.600. The Balaban J connectivity index is 2.00. The van der Waals surface area contributed by atoms with Gasteiger partial charge >= 0.3 is 0 Å². The van der Waals surface area contributed by atoms with Gasteiger partial charge in [-0.05, 0) is 38.3 Å². The summed E-state index contributed by atoms with van der Waals surface area (Å²) in [6.07, 6.45) is 3.48. The number of hydrogen-bond donors (Lipinski definition) is 2. The van der Waals surface area contributed by atoms with E-state index in [9.17, 15) is 4.79 Å². The molecule has 1 heterocycles. The van der Waals surface area contributed by atoms with Crippen molar-refractivity contribution >= 4 is 17.6 Å². The Hall–Kier alpha value is -2.44. The summed E-state index contributed by atoms with van der Waals surface area (Å²) >= 11 is 0. The van der Waals surface area contributed by atoms with E-state index in [1.54, 1.807) is 14.2 Å². The topological polar surface area (TPSA) is 75.2 Å². The molecule has 1 aliphatic rings. The lowest BCUT2D eigenvalue weighted by atomic mass is 10.1. The van der Waals surface area contributed by atoms with Crippen LogP contribution in [0.1, 0.15) is 39.5 Å². The molecule has 0 aromatic heterocycles. The van der Waals surface area contributed by atoms with E-state index in [-0.39, 0.29) is 11.9 Å². The van der Waals surface area contributed by atoms with E-state index in [2.05, 4.69) is 22.5 Å². The van der Waals surface area contributed by atoms with Crippen LogP contribution in [0.25, 0.3) is 0 Å². The zero-order valence-corrected chi connectivity index (χ0v) is 16.9. The number of ether oxygens (including phenoxy) is 2. The van der Waals surface area contributed by atoms with E-state index < -0.39 is 0 Å². The van der Waals surface area contributed by atoms with Crippen molar-refractivity contribution in [3.8, 4) is 11.5 Å². The molecule has 27 heavy (non-hydrogen) atoms. The van der Waals surface area contributed by atoms with Gasteiger partial charge in [0.15, 0.2) is 17.5 Å². The van der Waals surface area contributed by atoms with Crippen LogP contribution in [0.5, 0.6) is 11.5 Å². The van der Waals surface area contributed by atoms with E-state index in [1.807, 2.05) is 30.0 Å². The van der Waals surface area contributed by atoms with E-state index in [4.69, 9.17) is 9.47 Å². The number of carbonyl (C=O) groups excluding carboxylic acids is 1. The molecule has 1 amide bonds. The van der Waals surface area contributed by atoms with E-state index in [1.165, 1.54) is 0 Å². The van der Waals surface area contributed by atoms with Gasteiger partial charge in [0.05, 0.1) is 14.2 Å². The molecule has 1 atom stereocenters. The van der Waals surface area contributed by atoms with Crippen LogP contribution < -0.4 is 20.1 Å². The van der Waals surface area contributed by atoms with Crippen molar-refractivity contribution in [1.82, 2.24) is 10.2 Å². The molecule has 0 bridgehead atoms. The first-order valence-corrected chi connectivity index (χ1v) is 9.69. The lowest BCUT2D eigenvalue weighted by molar-refractivity contribution is -0.129. The molecule has 0 saturated carbocycles. The molecule has 1 aromatic carbocycles. The van der Waals surface area contributed by atoms with Crippen molar-refractivity contribution in [1.29, 1.82) is 0 Å². The molecule has 1 aromatic rings. The number of guanidine groups is 1. The molecule has 2 rings (SSSR count). The number of likely N-dealkylation sites (tertiary alicyclic amines) is 1. The first-order chi connectivity index (χ1) is 13.1. The van der Waals surface area contributed by atoms with Crippen molar-refractivity contribution < 1.29 is 14.3 Å². The second-order valence-electron chi connectivity index (χ2n) is 6.50. The molecular weight excluding hydrogens is 344 g/mol. The van der Waals surface area contributed by atoms with Crippen LogP contribution in [0, 0.1) is 0 Å². The number of hydrogen-bond acceptors (Lipinski definition) is 4. The summed E-state index contributed by atoms with van der Waals surface area (Å²) in [5.41, 5.74) is 0.870. The molecule has 0 aliphatic carbocycles. The zero-order chi connectivity index (χ0) is 19.6. The predicted molar refractivity (Wildman–Crippen MR) is 109 cm³/mol. The summed E-state index contributed by atoms with van der Waals surface area (Å²) in [5, 5.41) is 6.55. The Morgan fingerprint density at radius 2 is 2.04 bits per heavy atom. The fourth-order valence-electron chi connectivity index (χ4n) is 3.32. The number of methoxy groups -OCH3 is 2. The molecule has 7 heteroatoms. The summed E-state index contributed by atoms with van der Waals surface area (Å²) in [4.78, 5) is 18.7. The van der Waals surface area contributed by atoms with Crippen LogP contribution in [0.15, 0.2) is 23.2 Å². The number of nitrogens with one attached hydrogen (secondary N) is 2. The number of carbonyl (C=O) groups is 1. The maximum absolute atomic E-state index is 12.0. The number of benzene rings is 1. The van der Waals surface area contributed by atoms with Gasteiger partial charge in [-0.1, -0.05) is 6.92 Å². The summed E-state index contributed by atoms with van der Waals surface area (Å²) in [6.45, 7) is 6.47. The third-order valence-corrected chi connectivity index (χ3v) is 4.74. The van der Waals surface area contributed by atoms with Gasteiger partial charge in [0.1, 0.15) is 0 Å². The van der Waals surface area contributed by atoms with Crippen molar-refractivity contribution in [2.75, 3.05) is 39.2 Å². The fourth-order valence-corrected chi connectivity index (χ4v) is 3.32. The second kappa shape index (κ2) is 10.6. The average Bonchev–Trinajstić information content (AvgIpc) is 3.11. The molecule has 0 radical (unpaired) electrons. The van der Waals surface area contributed by atoms with Crippen LogP contribution in [0.3, 0.4) is 0 Å². The van der Waals surface area contributed by atoms with Gasteiger partial charge in [-0.25, -0.2) is 0 Å². The Kier molecular flexibility index (Phi) is 8.23. The Bertz CT molecular complexity index is 648. The van der Waals surface area contributed by atoms with Crippen LogP contribution in [-0.4, -0.2) is 56.7 Å². The van der Waals surface area contributed by atoms with E-state index >= 15 is 0 Å². The summed E-state index contributed by atoms with van der Waals surface area (Å²) in [7, 11) is 3.23. The number of rotatable bonds is 9. The number of aliphatic imine (C=N–C) groups is 1. The van der Waals surface area contributed by atoms with Crippen molar-refractivity contribution in [2.45, 2.75) is 45.6 Å². The standard InChI is InChI=1S/C20H32N4O3/c1-5-16(24-13-7-8-19(24)25)11-12-22-20(21-6-2)23-15-9-10-17(26-3)18(14-15)27-4/h9-10,14,16H,5-8,11-13H2,1-4H3,(H2,21,22,23). The van der Waals surface area contributed by atoms with Crippen LogP contribution >= 0.6 is 0 Å². The van der Waals surface area contributed by atoms with E-state index in [0.29, 0.717) is 30.4 Å². The molecule has 150 valence electrons.